The van der Waals surface area contributed by atoms with Crippen LogP contribution in [0.3, 0.4) is 0 Å². The summed E-state index contributed by atoms with van der Waals surface area (Å²) in [6.45, 7) is 3.68. The number of ether oxygens (including phenoxy) is 2. The molecule has 0 spiro atoms. The van der Waals surface area contributed by atoms with Gasteiger partial charge >= 0.3 is 0 Å². The van der Waals surface area contributed by atoms with Crippen LogP contribution in [0.4, 0.5) is 5.69 Å². The Hall–Kier alpha value is -0.620. The van der Waals surface area contributed by atoms with Crippen LogP contribution < -0.4 is 10.6 Å². The van der Waals surface area contributed by atoms with Crippen LogP contribution >= 0.6 is 15.9 Å². The lowest BCUT2D eigenvalue weighted by atomic mass is 10.1. The first-order chi connectivity index (χ1) is 9.06. The van der Waals surface area contributed by atoms with Crippen molar-refractivity contribution in [3.8, 4) is 0 Å². The van der Waals surface area contributed by atoms with Crippen molar-refractivity contribution in [2.24, 2.45) is 5.73 Å². The molecule has 3 atom stereocenters. The fourth-order valence-corrected chi connectivity index (χ4v) is 3.22. The summed E-state index contributed by atoms with van der Waals surface area (Å²) in [5.74, 6) is 0. The second kappa shape index (κ2) is 6.22. The summed E-state index contributed by atoms with van der Waals surface area (Å²) in [5, 5.41) is 0. The Balaban J connectivity index is 2.17. The molecule has 1 fully saturated rings. The van der Waals surface area contributed by atoms with Gasteiger partial charge in [0.15, 0.2) is 0 Å². The van der Waals surface area contributed by atoms with Gasteiger partial charge < -0.3 is 20.1 Å². The van der Waals surface area contributed by atoms with Crippen LogP contribution in [0.25, 0.3) is 0 Å². The minimum atomic E-state index is 0.0282. The van der Waals surface area contributed by atoms with Crippen molar-refractivity contribution in [1.82, 2.24) is 0 Å². The van der Waals surface area contributed by atoms with E-state index < -0.39 is 0 Å². The molecule has 0 saturated carbocycles. The van der Waals surface area contributed by atoms with Crippen LogP contribution in [0, 0.1) is 0 Å². The predicted octanol–water partition coefficient (Wildman–Crippen LogP) is 2.32. The molecular weight excluding hydrogens is 308 g/mol. The van der Waals surface area contributed by atoms with Gasteiger partial charge in [0.05, 0.1) is 0 Å². The highest BCUT2D eigenvalue weighted by Gasteiger charge is 2.33. The van der Waals surface area contributed by atoms with E-state index in [9.17, 15) is 0 Å². The first-order valence-corrected chi connectivity index (χ1v) is 7.21. The van der Waals surface area contributed by atoms with E-state index in [0.29, 0.717) is 0 Å². The quantitative estimate of drug-likeness (QED) is 0.921. The average Bonchev–Trinajstić information content (AvgIpc) is 2.81. The van der Waals surface area contributed by atoms with E-state index in [-0.39, 0.29) is 18.2 Å². The van der Waals surface area contributed by atoms with Gasteiger partial charge in [-0.25, -0.2) is 0 Å². The molecule has 3 unspecified atom stereocenters. The molecule has 5 heteroatoms. The van der Waals surface area contributed by atoms with Crippen molar-refractivity contribution in [1.29, 1.82) is 0 Å². The topological polar surface area (TPSA) is 47.7 Å². The Bertz CT molecular complexity index is 427. The smallest absolute Gasteiger partial charge is 0.102 e. The summed E-state index contributed by atoms with van der Waals surface area (Å²) in [6.07, 6.45) is 0.244. The minimum absolute atomic E-state index is 0.0282. The zero-order valence-electron chi connectivity index (χ0n) is 11.6. The maximum atomic E-state index is 5.92. The van der Waals surface area contributed by atoms with E-state index in [2.05, 4.69) is 39.0 Å². The molecular formula is C14H21BrN2O2. The maximum absolute atomic E-state index is 5.92. The molecule has 0 aliphatic carbocycles. The Labute approximate surface area is 123 Å². The van der Waals surface area contributed by atoms with Crippen LogP contribution in [0.15, 0.2) is 22.7 Å². The summed E-state index contributed by atoms with van der Waals surface area (Å²) >= 11 is 3.59. The van der Waals surface area contributed by atoms with Gasteiger partial charge in [-0.3, -0.25) is 0 Å². The van der Waals surface area contributed by atoms with E-state index in [1.165, 1.54) is 0 Å². The molecule has 19 heavy (non-hydrogen) atoms. The molecule has 1 aromatic rings. The van der Waals surface area contributed by atoms with Gasteiger partial charge in [-0.15, -0.1) is 0 Å². The van der Waals surface area contributed by atoms with Gasteiger partial charge in [0.25, 0.3) is 0 Å². The number of nitrogens with zero attached hydrogens (tertiary/aromatic N) is 1. The number of nitrogens with two attached hydrogens (primary N) is 1. The molecule has 1 aromatic carbocycles. The average molecular weight is 329 g/mol. The van der Waals surface area contributed by atoms with E-state index >= 15 is 0 Å². The van der Waals surface area contributed by atoms with Crippen molar-refractivity contribution >= 4 is 21.6 Å². The number of halogens is 1. The molecule has 1 saturated heterocycles. The lowest BCUT2D eigenvalue weighted by molar-refractivity contribution is -0.00461. The van der Waals surface area contributed by atoms with Crippen molar-refractivity contribution < 1.29 is 9.47 Å². The molecule has 0 amide bonds. The molecule has 1 heterocycles. The van der Waals surface area contributed by atoms with Crippen LogP contribution in [-0.2, 0) is 9.47 Å². The largest absolute Gasteiger partial charge is 0.377 e. The second-order valence-corrected chi connectivity index (χ2v) is 5.80. The molecule has 0 bridgehead atoms. The number of rotatable bonds is 4. The molecule has 106 valence electrons. The van der Waals surface area contributed by atoms with E-state index in [0.717, 1.165) is 28.8 Å². The Morgan fingerprint density at radius 2 is 1.84 bits per heavy atom. The Kier molecular flexibility index (Phi) is 4.84. The number of methoxy groups -OCH3 is 2. The van der Waals surface area contributed by atoms with Crippen LogP contribution in [0.5, 0.6) is 0 Å². The van der Waals surface area contributed by atoms with Crippen LogP contribution in [0.2, 0.25) is 0 Å². The molecule has 2 N–H and O–H groups in total. The summed E-state index contributed by atoms with van der Waals surface area (Å²) in [5.41, 5.74) is 8.21. The molecule has 2 rings (SSSR count). The van der Waals surface area contributed by atoms with Crippen molar-refractivity contribution in [3.05, 3.63) is 28.2 Å². The zero-order chi connectivity index (χ0) is 14.0. The van der Waals surface area contributed by atoms with Crippen molar-refractivity contribution in [2.75, 3.05) is 32.2 Å². The third-order valence-electron chi connectivity index (χ3n) is 3.66. The fraction of sp³-hybridized carbons (Fsp3) is 0.571. The minimum Gasteiger partial charge on any atom is -0.377 e. The van der Waals surface area contributed by atoms with E-state index in [1.54, 1.807) is 14.2 Å². The third-order valence-corrected chi connectivity index (χ3v) is 4.35. The highest BCUT2D eigenvalue weighted by atomic mass is 79.9. The van der Waals surface area contributed by atoms with Crippen molar-refractivity contribution in [3.63, 3.8) is 0 Å². The lowest BCUT2D eigenvalue weighted by Crippen LogP contribution is -2.27. The third kappa shape index (κ3) is 3.11. The summed E-state index contributed by atoms with van der Waals surface area (Å²) in [7, 11) is 3.46. The van der Waals surface area contributed by atoms with Gasteiger partial charge in [-0.05, 0) is 24.6 Å². The van der Waals surface area contributed by atoms with Gasteiger partial charge in [0, 0.05) is 43.5 Å². The molecule has 0 radical (unpaired) electrons. The summed E-state index contributed by atoms with van der Waals surface area (Å²) in [6, 6.07) is 6.32. The first kappa shape index (κ1) is 14.8. The Morgan fingerprint density at radius 3 is 2.26 bits per heavy atom. The maximum Gasteiger partial charge on any atom is 0.102 e. The van der Waals surface area contributed by atoms with Crippen molar-refractivity contribution in [2.45, 2.75) is 25.2 Å². The highest BCUT2D eigenvalue weighted by Crippen LogP contribution is 2.30. The van der Waals surface area contributed by atoms with Gasteiger partial charge in [-0.1, -0.05) is 22.0 Å². The zero-order valence-corrected chi connectivity index (χ0v) is 13.2. The monoisotopic (exact) mass is 328 g/mol. The van der Waals surface area contributed by atoms with Gasteiger partial charge in [0.2, 0.25) is 0 Å². The second-order valence-electron chi connectivity index (χ2n) is 4.95. The summed E-state index contributed by atoms with van der Waals surface area (Å²) < 4.78 is 12.0. The predicted molar refractivity (Wildman–Crippen MR) is 80.6 cm³/mol. The molecule has 1 aliphatic heterocycles. The number of anilines is 1. The number of hydrogen-bond acceptors (Lipinski definition) is 4. The van der Waals surface area contributed by atoms with E-state index in [1.807, 2.05) is 6.92 Å². The number of benzene rings is 1. The van der Waals surface area contributed by atoms with Gasteiger partial charge in [0.1, 0.15) is 12.2 Å². The van der Waals surface area contributed by atoms with Gasteiger partial charge in [-0.2, -0.15) is 0 Å². The van der Waals surface area contributed by atoms with E-state index in [4.69, 9.17) is 15.2 Å². The summed E-state index contributed by atoms with van der Waals surface area (Å²) in [4.78, 5) is 2.28. The Morgan fingerprint density at radius 1 is 1.26 bits per heavy atom. The molecule has 1 aliphatic rings. The molecule has 4 nitrogen and oxygen atoms in total. The number of hydrogen-bond donors (Lipinski definition) is 1. The van der Waals surface area contributed by atoms with Crippen LogP contribution in [-0.4, -0.2) is 39.5 Å². The lowest BCUT2D eigenvalue weighted by Gasteiger charge is -2.20. The normalized spacial score (nSPS) is 24.8. The highest BCUT2D eigenvalue weighted by molar-refractivity contribution is 9.10. The fourth-order valence-electron chi connectivity index (χ4n) is 2.49. The first-order valence-electron chi connectivity index (χ1n) is 6.42. The molecule has 0 aromatic heterocycles. The standard InChI is InChI=1S/C14H21BrN2O2/c1-9(16)11-5-4-10(6-12(11)15)17-7-13(18-2)14(8-17)19-3/h4-6,9,13-14H,7-8,16H2,1-3H3. The SMILES string of the molecule is COC1CN(c2ccc(C(C)N)c(Br)c2)CC1OC. The van der Waals surface area contributed by atoms with Crippen LogP contribution in [0.1, 0.15) is 18.5 Å².